The zero-order valence-electron chi connectivity index (χ0n) is 8.89. The van der Waals surface area contributed by atoms with Crippen molar-refractivity contribution < 1.29 is 5.11 Å². The summed E-state index contributed by atoms with van der Waals surface area (Å²) in [5, 5.41) is 9.56. The fourth-order valence-corrected chi connectivity index (χ4v) is 2.48. The molecule has 0 bridgehead atoms. The van der Waals surface area contributed by atoms with E-state index in [1.165, 1.54) is 24.1 Å². The first-order valence-electron chi connectivity index (χ1n) is 5.86. The van der Waals surface area contributed by atoms with Crippen LogP contribution in [0.5, 0.6) is 0 Å². The highest BCUT2D eigenvalue weighted by Gasteiger charge is 2.29. The lowest BCUT2D eigenvalue weighted by Crippen LogP contribution is -2.22. The van der Waals surface area contributed by atoms with E-state index >= 15 is 0 Å². The number of hydrogen-bond acceptors (Lipinski definition) is 2. The number of β-amino-alcohol motifs (C(OH)–C–C–N with tert-alkyl or cyclic N) is 1. The maximum absolute atomic E-state index is 9.56. The number of benzene rings is 1. The molecule has 80 valence electrons. The zero-order valence-corrected chi connectivity index (χ0v) is 8.89. The van der Waals surface area contributed by atoms with Crippen LogP contribution in [0.3, 0.4) is 0 Å². The summed E-state index contributed by atoms with van der Waals surface area (Å²) >= 11 is 0. The molecule has 1 saturated carbocycles. The van der Waals surface area contributed by atoms with E-state index in [2.05, 4.69) is 29.2 Å². The third-order valence-corrected chi connectivity index (χ3v) is 3.46. The first kappa shape index (κ1) is 9.22. The summed E-state index contributed by atoms with van der Waals surface area (Å²) in [7, 11) is 0. The second-order valence-electron chi connectivity index (χ2n) is 4.72. The second-order valence-corrected chi connectivity index (χ2v) is 4.72. The summed E-state index contributed by atoms with van der Waals surface area (Å²) < 4.78 is 0. The molecule has 0 spiro atoms. The molecule has 1 aliphatic carbocycles. The highest BCUT2D eigenvalue weighted by molar-refractivity contribution is 5.57. The molecule has 1 aliphatic heterocycles. The van der Waals surface area contributed by atoms with Gasteiger partial charge in [-0.1, -0.05) is 18.2 Å². The van der Waals surface area contributed by atoms with Gasteiger partial charge >= 0.3 is 0 Å². The molecule has 1 atom stereocenters. The Bertz CT molecular complexity index is 359. The SMILES string of the molecule is OC1CCN(c2ccccc2C2CC2)C1. The summed E-state index contributed by atoms with van der Waals surface area (Å²) in [6.45, 7) is 1.81. The van der Waals surface area contributed by atoms with Crippen LogP contribution < -0.4 is 4.90 Å². The molecule has 2 fully saturated rings. The summed E-state index contributed by atoms with van der Waals surface area (Å²) in [5.74, 6) is 0.791. The van der Waals surface area contributed by atoms with Crippen molar-refractivity contribution in [1.29, 1.82) is 0 Å². The monoisotopic (exact) mass is 203 g/mol. The summed E-state index contributed by atoms with van der Waals surface area (Å²) in [6, 6.07) is 8.68. The highest BCUT2D eigenvalue weighted by atomic mass is 16.3. The number of nitrogens with zero attached hydrogens (tertiary/aromatic N) is 1. The van der Waals surface area contributed by atoms with Crippen LogP contribution in [0.1, 0.15) is 30.7 Å². The molecule has 0 amide bonds. The number of aliphatic hydroxyl groups excluding tert-OH is 1. The quantitative estimate of drug-likeness (QED) is 0.796. The molecule has 1 aromatic carbocycles. The van der Waals surface area contributed by atoms with Gasteiger partial charge in [0.25, 0.3) is 0 Å². The van der Waals surface area contributed by atoms with Crippen LogP contribution in [0.25, 0.3) is 0 Å². The molecule has 0 radical (unpaired) electrons. The van der Waals surface area contributed by atoms with Crippen LogP contribution in [0.2, 0.25) is 0 Å². The molecule has 1 heterocycles. The van der Waals surface area contributed by atoms with Gasteiger partial charge in [0.2, 0.25) is 0 Å². The van der Waals surface area contributed by atoms with Crippen LogP contribution in [0, 0.1) is 0 Å². The summed E-state index contributed by atoms with van der Waals surface area (Å²) in [5.41, 5.74) is 2.85. The molecule has 1 saturated heterocycles. The predicted octanol–water partition coefficient (Wildman–Crippen LogP) is 2.13. The van der Waals surface area contributed by atoms with Gasteiger partial charge in [-0.2, -0.15) is 0 Å². The Morgan fingerprint density at radius 2 is 1.93 bits per heavy atom. The maximum Gasteiger partial charge on any atom is 0.0731 e. The van der Waals surface area contributed by atoms with Crippen molar-refractivity contribution >= 4 is 5.69 Å². The minimum absolute atomic E-state index is 0.128. The van der Waals surface area contributed by atoms with E-state index in [0.717, 1.165) is 25.4 Å². The number of anilines is 1. The van der Waals surface area contributed by atoms with Crippen molar-refractivity contribution in [2.24, 2.45) is 0 Å². The average Bonchev–Trinajstić information content (AvgIpc) is 3.02. The van der Waals surface area contributed by atoms with Crippen LogP contribution in [-0.4, -0.2) is 24.3 Å². The third-order valence-electron chi connectivity index (χ3n) is 3.46. The Morgan fingerprint density at radius 1 is 1.13 bits per heavy atom. The molecule has 2 nitrogen and oxygen atoms in total. The van der Waals surface area contributed by atoms with Crippen LogP contribution >= 0.6 is 0 Å². The second kappa shape index (κ2) is 3.53. The van der Waals surface area contributed by atoms with Gasteiger partial charge < -0.3 is 10.0 Å². The molecule has 0 aromatic heterocycles. The summed E-state index contributed by atoms with van der Waals surface area (Å²) in [4.78, 5) is 2.33. The molecule has 3 rings (SSSR count). The van der Waals surface area contributed by atoms with Gasteiger partial charge in [0.1, 0.15) is 0 Å². The molecule has 1 unspecified atom stereocenters. The van der Waals surface area contributed by atoms with E-state index < -0.39 is 0 Å². The molecule has 1 N–H and O–H groups in total. The Morgan fingerprint density at radius 3 is 2.60 bits per heavy atom. The number of rotatable bonds is 2. The van der Waals surface area contributed by atoms with Gasteiger partial charge in [-0.25, -0.2) is 0 Å². The average molecular weight is 203 g/mol. The lowest BCUT2D eigenvalue weighted by Gasteiger charge is -2.21. The Balaban J connectivity index is 1.89. The van der Waals surface area contributed by atoms with Gasteiger partial charge in [-0.15, -0.1) is 0 Å². The Hall–Kier alpha value is -1.02. The van der Waals surface area contributed by atoms with Crippen molar-refractivity contribution in [1.82, 2.24) is 0 Å². The first-order valence-corrected chi connectivity index (χ1v) is 5.86. The molecule has 2 heteroatoms. The van der Waals surface area contributed by atoms with E-state index in [9.17, 15) is 5.11 Å². The van der Waals surface area contributed by atoms with Crippen molar-refractivity contribution in [3.8, 4) is 0 Å². The van der Waals surface area contributed by atoms with E-state index in [4.69, 9.17) is 0 Å². The van der Waals surface area contributed by atoms with Crippen LogP contribution in [0.15, 0.2) is 24.3 Å². The van der Waals surface area contributed by atoms with E-state index in [1.807, 2.05) is 0 Å². The highest BCUT2D eigenvalue weighted by Crippen LogP contribution is 2.44. The fourth-order valence-electron chi connectivity index (χ4n) is 2.48. The molecular weight excluding hydrogens is 186 g/mol. The number of hydrogen-bond donors (Lipinski definition) is 1. The largest absolute Gasteiger partial charge is 0.391 e. The van der Waals surface area contributed by atoms with Crippen molar-refractivity contribution in [3.63, 3.8) is 0 Å². The molecule has 1 aromatic rings. The lowest BCUT2D eigenvalue weighted by atomic mass is 10.1. The topological polar surface area (TPSA) is 23.5 Å². The van der Waals surface area contributed by atoms with E-state index in [-0.39, 0.29) is 6.10 Å². The van der Waals surface area contributed by atoms with Gasteiger partial charge in [0, 0.05) is 18.8 Å². The number of para-hydroxylation sites is 1. The van der Waals surface area contributed by atoms with Gasteiger partial charge in [-0.3, -0.25) is 0 Å². The third kappa shape index (κ3) is 1.74. The maximum atomic E-state index is 9.56. The smallest absolute Gasteiger partial charge is 0.0731 e. The van der Waals surface area contributed by atoms with Crippen LogP contribution in [0.4, 0.5) is 5.69 Å². The zero-order chi connectivity index (χ0) is 10.3. The van der Waals surface area contributed by atoms with Crippen LogP contribution in [-0.2, 0) is 0 Å². The first-order chi connectivity index (χ1) is 7.34. The van der Waals surface area contributed by atoms with Gasteiger partial charge in [0.05, 0.1) is 6.10 Å². The van der Waals surface area contributed by atoms with Crippen molar-refractivity contribution in [3.05, 3.63) is 29.8 Å². The van der Waals surface area contributed by atoms with E-state index in [1.54, 1.807) is 0 Å². The Labute approximate surface area is 90.5 Å². The molecular formula is C13H17NO. The predicted molar refractivity (Wildman–Crippen MR) is 61.3 cm³/mol. The minimum Gasteiger partial charge on any atom is -0.391 e. The summed E-state index contributed by atoms with van der Waals surface area (Å²) in [6.07, 6.45) is 3.47. The van der Waals surface area contributed by atoms with Gasteiger partial charge in [0.15, 0.2) is 0 Å². The minimum atomic E-state index is -0.128. The normalized spacial score (nSPS) is 25.9. The van der Waals surface area contributed by atoms with Crippen molar-refractivity contribution in [2.75, 3.05) is 18.0 Å². The fraction of sp³-hybridized carbons (Fsp3) is 0.538. The van der Waals surface area contributed by atoms with Crippen molar-refractivity contribution in [2.45, 2.75) is 31.3 Å². The van der Waals surface area contributed by atoms with E-state index in [0.29, 0.717) is 0 Å². The number of aliphatic hydroxyl groups is 1. The van der Waals surface area contributed by atoms with Gasteiger partial charge in [-0.05, 0) is 36.8 Å². The lowest BCUT2D eigenvalue weighted by molar-refractivity contribution is 0.198. The molecule has 2 aliphatic rings. The standard InChI is InChI=1S/C13H17NO/c15-11-7-8-14(9-11)13-4-2-1-3-12(13)10-5-6-10/h1-4,10-11,15H,5-9H2. The Kier molecular flexibility index (Phi) is 2.17. The molecule has 15 heavy (non-hydrogen) atoms.